The highest BCUT2D eigenvalue weighted by molar-refractivity contribution is 7.92. The molecule has 1 fully saturated rings. The first-order valence-corrected chi connectivity index (χ1v) is 10.1. The van der Waals surface area contributed by atoms with Crippen LogP contribution >= 0.6 is 23.2 Å². The maximum atomic E-state index is 12.3. The number of carbonyl (C=O) groups excluding carboxylic acids is 2. The Morgan fingerprint density at radius 2 is 1.84 bits per heavy atom. The van der Waals surface area contributed by atoms with Gasteiger partial charge in [0, 0.05) is 25.8 Å². The van der Waals surface area contributed by atoms with E-state index < -0.39 is 26.7 Å². The van der Waals surface area contributed by atoms with Crippen LogP contribution in [-0.4, -0.2) is 56.4 Å². The van der Waals surface area contributed by atoms with Gasteiger partial charge in [0.1, 0.15) is 5.75 Å². The largest absolute Gasteiger partial charge is 0.358 e. The molecule has 25 heavy (non-hydrogen) atoms. The Morgan fingerprint density at radius 3 is 2.40 bits per heavy atom. The lowest BCUT2D eigenvalue weighted by Crippen LogP contribution is -2.45. The second kappa shape index (κ2) is 8.25. The highest BCUT2D eigenvalue weighted by Gasteiger charge is 2.32. The predicted octanol–water partition coefficient (Wildman–Crippen LogP) is 2.15. The zero-order valence-corrected chi connectivity index (χ0v) is 15.9. The van der Waals surface area contributed by atoms with E-state index in [4.69, 9.17) is 23.2 Å². The number of halogens is 2. The highest BCUT2D eigenvalue weighted by atomic mass is 35.5. The van der Waals surface area contributed by atoms with Gasteiger partial charge >= 0.3 is 6.03 Å². The SMILES string of the molecule is CNC(=O)CS(=O)(=O)C1CCN(C(=O)Nc2ccc(Cl)c(Cl)c2)CC1. The molecule has 0 aromatic heterocycles. The molecular formula is C15H19Cl2N3O4S. The Kier molecular flexibility index (Phi) is 6.53. The first kappa shape index (κ1) is 19.8. The molecule has 1 saturated heterocycles. The minimum Gasteiger partial charge on any atom is -0.358 e. The summed E-state index contributed by atoms with van der Waals surface area (Å²) in [5.41, 5.74) is 0.508. The number of piperidine rings is 1. The number of likely N-dealkylation sites (tertiary alicyclic amines) is 1. The van der Waals surface area contributed by atoms with Gasteiger partial charge in [-0.05, 0) is 31.0 Å². The van der Waals surface area contributed by atoms with Crippen LogP contribution in [-0.2, 0) is 14.6 Å². The van der Waals surface area contributed by atoms with Crippen molar-refractivity contribution in [2.45, 2.75) is 18.1 Å². The van der Waals surface area contributed by atoms with Crippen molar-refractivity contribution in [1.29, 1.82) is 0 Å². The van der Waals surface area contributed by atoms with Crippen LogP contribution in [0.4, 0.5) is 10.5 Å². The van der Waals surface area contributed by atoms with Gasteiger partial charge in [0.25, 0.3) is 0 Å². The molecule has 1 aromatic carbocycles. The molecule has 7 nitrogen and oxygen atoms in total. The van der Waals surface area contributed by atoms with Gasteiger partial charge in [-0.3, -0.25) is 4.79 Å². The summed E-state index contributed by atoms with van der Waals surface area (Å²) >= 11 is 11.7. The third kappa shape index (κ3) is 5.23. The number of sulfone groups is 1. The summed E-state index contributed by atoms with van der Waals surface area (Å²) in [6, 6.07) is 4.42. The van der Waals surface area contributed by atoms with Crippen molar-refractivity contribution in [3.8, 4) is 0 Å². The summed E-state index contributed by atoms with van der Waals surface area (Å²) in [5, 5.41) is 5.13. The van der Waals surface area contributed by atoms with Crippen molar-refractivity contribution in [1.82, 2.24) is 10.2 Å². The molecule has 0 radical (unpaired) electrons. The van der Waals surface area contributed by atoms with E-state index in [0.717, 1.165) is 0 Å². The molecule has 0 bridgehead atoms. The summed E-state index contributed by atoms with van der Waals surface area (Å²) in [7, 11) is -2.12. The molecule has 1 heterocycles. The molecule has 0 saturated carbocycles. The van der Waals surface area contributed by atoms with Crippen LogP contribution in [0, 0.1) is 0 Å². The molecule has 0 aliphatic carbocycles. The van der Waals surface area contributed by atoms with E-state index in [9.17, 15) is 18.0 Å². The number of carbonyl (C=O) groups is 2. The summed E-state index contributed by atoms with van der Waals surface area (Å²) in [5.74, 6) is -1.05. The van der Waals surface area contributed by atoms with Crippen LogP contribution in [0.15, 0.2) is 18.2 Å². The van der Waals surface area contributed by atoms with Gasteiger partial charge in [0.2, 0.25) is 5.91 Å². The Hall–Kier alpha value is -1.51. The van der Waals surface area contributed by atoms with Crippen molar-refractivity contribution < 1.29 is 18.0 Å². The van der Waals surface area contributed by atoms with Gasteiger partial charge in [-0.25, -0.2) is 13.2 Å². The fourth-order valence-electron chi connectivity index (χ4n) is 2.57. The van der Waals surface area contributed by atoms with Crippen molar-refractivity contribution in [3.63, 3.8) is 0 Å². The van der Waals surface area contributed by atoms with Crippen LogP contribution in [0.25, 0.3) is 0 Å². The zero-order valence-electron chi connectivity index (χ0n) is 13.6. The van der Waals surface area contributed by atoms with Crippen molar-refractivity contribution in [2.24, 2.45) is 0 Å². The third-order valence-electron chi connectivity index (χ3n) is 4.02. The van der Waals surface area contributed by atoms with Gasteiger partial charge < -0.3 is 15.5 Å². The van der Waals surface area contributed by atoms with Crippen LogP contribution < -0.4 is 10.6 Å². The molecular weight excluding hydrogens is 389 g/mol. The average Bonchev–Trinajstić information content (AvgIpc) is 2.57. The number of amides is 3. The molecule has 10 heteroatoms. The summed E-state index contributed by atoms with van der Waals surface area (Å²) < 4.78 is 24.4. The molecule has 1 aromatic rings. The number of anilines is 1. The van der Waals surface area contributed by atoms with Gasteiger partial charge in [-0.2, -0.15) is 0 Å². The molecule has 2 N–H and O–H groups in total. The molecule has 3 amide bonds. The first-order chi connectivity index (χ1) is 11.7. The Labute approximate surface area is 156 Å². The lowest BCUT2D eigenvalue weighted by molar-refractivity contribution is -0.118. The maximum absolute atomic E-state index is 12.3. The monoisotopic (exact) mass is 407 g/mol. The van der Waals surface area contributed by atoms with Crippen molar-refractivity contribution >= 4 is 50.7 Å². The Bertz CT molecular complexity index is 762. The summed E-state index contributed by atoms with van der Waals surface area (Å²) in [6.45, 7) is 0.593. The number of nitrogens with one attached hydrogen (secondary N) is 2. The predicted molar refractivity (Wildman–Crippen MR) is 97.9 cm³/mol. The standard InChI is InChI=1S/C15H19Cl2N3O4S/c1-18-14(21)9-25(23,24)11-4-6-20(7-5-11)15(22)19-10-2-3-12(16)13(17)8-10/h2-3,8,11H,4-7,9H2,1H3,(H,18,21)(H,19,22). The smallest absolute Gasteiger partial charge is 0.321 e. The van der Waals surface area contributed by atoms with Crippen molar-refractivity contribution in [3.05, 3.63) is 28.2 Å². The zero-order chi connectivity index (χ0) is 18.6. The Balaban J connectivity index is 1.91. The van der Waals surface area contributed by atoms with E-state index in [1.54, 1.807) is 18.2 Å². The number of hydrogen-bond donors (Lipinski definition) is 2. The fraction of sp³-hybridized carbons (Fsp3) is 0.467. The van der Waals surface area contributed by atoms with E-state index in [1.807, 2.05) is 0 Å². The number of benzene rings is 1. The topological polar surface area (TPSA) is 95.6 Å². The molecule has 0 atom stereocenters. The number of hydrogen-bond acceptors (Lipinski definition) is 4. The fourth-order valence-corrected chi connectivity index (χ4v) is 4.54. The molecule has 1 aliphatic rings. The first-order valence-electron chi connectivity index (χ1n) is 7.66. The second-order valence-corrected chi connectivity index (χ2v) is 8.82. The third-order valence-corrected chi connectivity index (χ3v) is 6.91. The van der Waals surface area contributed by atoms with Crippen LogP contribution in [0.2, 0.25) is 10.0 Å². The van der Waals surface area contributed by atoms with E-state index in [2.05, 4.69) is 10.6 Å². The Morgan fingerprint density at radius 1 is 1.20 bits per heavy atom. The van der Waals surface area contributed by atoms with E-state index >= 15 is 0 Å². The lowest BCUT2D eigenvalue weighted by Gasteiger charge is -2.31. The molecule has 2 rings (SSSR count). The van der Waals surface area contributed by atoms with Gasteiger partial charge in [-0.15, -0.1) is 0 Å². The van der Waals surface area contributed by atoms with E-state index in [-0.39, 0.29) is 6.03 Å². The van der Waals surface area contributed by atoms with Crippen LogP contribution in [0.5, 0.6) is 0 Å². The minimum atomic E-state index is -3.52. The van der Waals surface area contributed by atoms with Gasteiger partial charge in [-0.1, -0.05) is 23.2 Å². The summed E-state index contributed by atoms with van der Waals surface area (Å²) in [6.07, 6.45) is 0.599. The van der Waals surface area contributed by atoms with Crippen molar-refractivity contribution in [2.75, 3.05) is 31.2 Å². The quantitative estimate of drug-likeness (QED) is 0.798. The van der Waals surface area contributed by atoms with Crippen LogP contribution in [0.3, 0.4) is 0 Å². The van der Waals surface area contributed by atoms with E-state index in [0.29, 0.717) is 41.7 Å². The highest BCUT2D eigenvalue weighted by Crippen LogP contribution is 2.25. The van der Waals surface area contributed by atoms with Gasteiger partial charge in [0.05, 0.1) is 15.3 Å². The van der Waals surface area contributed by atoms with E-state index in [1.165, 1.54) is 11.9 Å². The second-order valence-electron chi connectivity index (χ2n) is 5.73. The summed E-state index contributed by atoms with van der Waals surface area (Å²) in [4.78, 5) is 25.1. The number of rotatable bonds is 4. The maximum Gasteiger partial charge on any atom is 0.321 e. The molecule has 138 valence electrons. The average molecular weight is 408 g/mol. The normalized spacial score (nSPS) is 15.7. The van der Waals surface area contributed by atoms with Gasteiger partial charge in [0.15, 0.2) is 9.84 Å². The lowest BCUT2D eigenvalue weighted by atomic mass is 10.1. The van der Waals surface area contributed by atoms with Crippen LogP contribution in [0.1, 0.15) is 12.8 Å². The molecule has 1 aliphatic heterocycles. The molecule has 0 unspecified atom stereocenters. The minimum absolute atomic E-state index is 0.296. The molecule has 0 spiro atoms. The number of nitrogens with zero attached hydrogens (tertiary/aromatic N) is 1. The number of urea groups is 1.